The minimum Gasteiger partial charge on any atom is -0.455 e. The van der Waals surface area contributed by atoms with Crippen molar-refractivity contribution in [2.24, 2.45) is 0 Å². The van der Waals surface area contributed by atoms with Crippen LogP contribution in [0, 0.1) is 13.8 Å². The predicted octanol–water partition coefficient (Wildman–Crippen LogP) is 3.68. The first kappa shape index (κ1) is 17.0. The van der Waals surface area contributed by atoms with Crippen LogP contribution in [-0.4, -0.2) is 18.5 Å². The maximum atomic E-state index is 11.9. The summed E-state index contributed by atoms with van der Waals surface area (Å²) in [7, 11) is 0. The number of rotatable bonds is 5. The first-order chi connectivity index (χ1) is 10.9. The van der Waals surface area contributed by atoms with Crippen molar-refractivity contribution in [3.05, 3.63) is 64.2 Å². The summed E-state index contributed by atoms with van der Waals surface area (Å²) >= 11 is 5.78. The molecule has 0 saturated heterocycles. The number of halogens is 1. The van der Waals surface area contributed by atoms with Crippen LogP contribution in [0.15, 0.2) is 42.5 Å². The van der Waals surface area contributed by atoms with E-state index in [0.29, 0.717) is 5.02 Å². The fourth-order valence-corrected chi connectivity index (χ4v) is 2.15. The summed E-state index contributed by atoms with van der Waals surface area (Å²) in [4.78, 5) is 23.6. The second-order valence-electron chi connectivity index (χ2n) is 5.33. The van der Waals surface area contributed by atoms with E-state index in [1.807, 2.05) is 32.0 Å². The number of benzene rings is 2. The highest BCUT2D eigenvalue weighted by molar-refractivity contribution is 6.30. The Morgan fingerprint density at radius 3 is 2.48 bits per heavy atom. The molecule has 4 nitrogen and oxygen atoms in total. The Balaban J connectivity index is 1.83. The van der Waals surface area contributed by atoms with Gasteiger partial charge >= 0.3 is 5.97 Å². The Hall–Kier alpha value is -2.33. The lowest BCUT2D eigenvalue weighted by Crippen LogP contribution is -2.22. The smallest absolute Gasteiger partial charge is 0.310 e. The lowest BCUT2D eigenvalue weighted by Gasteiger charge is -2.10. The summed E-state index contributed by atoms with van der Waals surface area (Å²) < 4.78 is 5.00. The molecule has 2 aromatic rings. The summed E-state index contributed by atoms with van der Waals surface area (Å²) in [6.45, 7) is 3.54. The monoisotopic (exact) mass is 331 g/mol. The molecule has 2 rings (SSSR count). The van der Waals surface area contributed by atoms with Crippen LogP contribution in [-0.2, 0) is 20.7 Å². The van der Waals surface area contributed by atoms with E-state index in [0.717, 1.165) is 22.4 Å². The molecule has 23 heavy (non-hydrogen) atoms. The van der Waals surface area contributed by atoms with Gasteiger partial charge in [0.2, 0.25) is 0 Å². The van der Waals surface area contributed by atoms with Gasteiger partial charge in [0.1, 0.15) is 0 Å². The maximum Gasteiger partial charge on any atom is 0.310 e. The molecule has 120 valence electrons. The fraction of sp³-hybridized carbons (Fsp3) is 0.222. The topological polar surface area (TPSA) is 55.4 Å². The first-order valence-corrected chi connectivity index (χ1v) is 7.59. The Morgan fingerprint density at radius 2 is 1.78 bits per heavy atom. The van der Waals surface area contributed by atoms with Crippen molar-refractivity contribution < 1.29 is 14.3 Å². The minimum atomic E-state index is -0.455. The van der Waals surface area contributed by atoms with Crippen molar-refractivity contribution in [3.8, 4) is 0 Å². The van der Waals surface area contributed by atoms with Gasteiger partial charge in [0.05, 0.1) is 6.42 Å². The van der Waals surface area contributed by atoms with E-state index < -0.39 is 5.97 Å². The normalized spacial score (nSPS) is 10.2. The van der Waals surface area contributed by atoms with E-state index in [1.54, 1.807) is 24.3 Å². The molecule has 0 bridgehead atoms. The zero-order chi connectivity index (χ0) is 16.8. The molecule has 0 radical (unpaired) electrons. The zero-order valence-corrected chi connectivity index (χ0v) is 13.8. The van der Waals surface area contributed by atoms with E-state index in [2.05, 4.69) is 5.32 Å². The van der Waals surface area contributed by atoms with E-state index in [1.165, 1.54) is 0 Å². The van der Waals surface area contributed by atoms with Crippen LogP contribution in [0.25, 0.3) is 0 Å². The van der Waals surface area contributed by atoms with Crippen LogP contribution in [0.1, 0.15) is 16.7 Å². The van der Waals surface area contributed by atoms with Crippen molar-refractivity contribution in [3.63, 3.8) is 0 Å². The summed E-state index contributed by atoms with van der Waals surface area (Å²) in [5.74, 6) is -0.813. The summed E-state index contributed by atoms with van der Waals surface area (Å²) in [5.41, 5.74) is 3.51. The number of hydrogen-bond acceptors (Lipinski definition) is 3. The molecule has 1 amide bonds. The number of carbonyl (C=O) groups is 2. The zero-order valence-electron chi connectivity index (χ0n) is 13.1. The lowest BCUT2D eigenvalue weighted by molar-refractivity contribution is -0.146. The third kappa shape index (κ3) is 5.42. The van der Waals surface area contributed by atoms with Crippen LogP contribution >= 0.6 is 11.6 Å². The molecule has 5 heteroatoms. The predicted molar refractivity (Wildman–Crippen MR) is 90.7 cm³/mol. The molecular weight excluding hydrogens is 314 g/mol. The van der Waals surface area contributed by atoms with Crippen LogP contribution < -0.4 is 5.32 Å². The molecule has 0 heterocycles. The molecular formula is C18H18ClNO3. The van der Waals surface area contributed by atoms with Gasteiger partial charge in [0.25, 0.3) is 5.91 Å². The van der Waals surface area contributed by atoms with Gasteiger partial charge in [-0.05, 0) is 48.7 Å². The van der Waals surface area contributed by atoms with Crippen molar-refractivity contribution >= 4 is 29.2 Å². The second kappa shape index (κ2) is 7.79. The highest BCUT2D eigenvalue weighted by atomic mass is 35.5. The molecule has 0 aromatic heterocycles. The molecule has 0 atom stereocenters. The number of ether oxygens (including phenoxy) is 1. The molecule has 0 fully saturated rings. The van der Waals surface area contributed by atoms with Gasteiger partial charge in [-0.1, -0.05) is 35.9 Å². The van der Waals surface area contributed by atoms with Gasteiger partial charge in [-0.2, -0.15) is 0 Å². The minimum absolute atomic E-state index is 0.105. The van der Waals surface area contributed by atoms with Gasteiger partial charge in [-0.25, -0.2) is 0 Å². The number of amides is 1. The van der Waals surface area contributed by atoms with Gasteiger partial charge < -0.3 is 10.1 Å². The van der Waals surface area contributed by atoms with E-state index in [4.69, 9.17) is 16.3 Å². The largest absolute Gasteiger partial charge is 0.455 e. The van der Waals surface area contributed by atoms with Crippen LogP contribution in [0.5, 0.6) is 0 Å². The third-order valence-corrected chi connectivity index (χ3v) is 3.55. The maximum absolute atomic E-state index is 11.9. The Morgan fingerprint density at radius 1 is 1.09 bits per heavy atom. The average molecular weight is 332 g/mol. The van der Waals surface area contributed by atoms with Crippen molar-refractivity contribution in [2.75, 3.05) is 11.9 Å². The molecule has 0 unspecified atom stereocenters. The molecule has 0 saturated carbocycles. The quantitative estimate of drug-likeness (QED) is 0.850. The summed E-state index contributed by atoms with van der Waals surface area (Å²) in [6, 6.07) is 12.7. The molecule has 0 spiro atoms. The average Bonchev–Trinajstić information content (AvgIpc) is 2.51. The SMILES string of the molecule is Cc1ccc(C)c(NC(=O)COC(=O)Cc2ccc(Cl)cc2)c1. The Kier molecular flexibility index (Phi) is 5.77. The number of anilines is 1. The van der Waals surface area contributed by atoms with Crippen molar-refractivity contribution in [2.45, 2.75) is 20.3 Å². The third-order valence-electron chi connectivity index (χ3n) is 3.29. The Labute approximate surface area is 140 Å². The van der Waals surface area contributed by atoms with E-state index in [-0.39, 0.29) is 18.9 Å². The number of nitrogens with one attached hydrogen (secondary N) is 1. The van der Waals surface area contributed by atoms with Gasteiger partial charge in [-0.15, -0.1) is 0 Å². The Bertz CT molecular complexity index is 711. The molecule has 0 aliphatic rings. The second-order valence-corrected chi connectivity index (χ2v) is 5.77. The van der Waals surface area contributed by atoms with Gasteiger partial charge in [0.15, 0.2) is 6.61 Å². The number of hydrogen-bond donors (Lipinski definition) is 1. The van der Waals surface area contributed by atoms with E-state index >= 15 is 0 Å². The van der Waals surface area contributed by atoms with Crippen molar-refractivity contribution in [1.82, 2.24) is 0 Å². The first-order valence-electron chi connectivity index (χ1n) is 7.21. The van der Waals surface area contributed by atoms with Crippen LogP contribution in [0.3, 0.4) is 0 Å². The van der Waals surface area contributed by atoms with Crippen molar-refractivity contribution in [1.29, 1.82) is 0 Å². The lowest BCUT2D eigenvalue weighted by atomic mass is 10.1. The molecule has 1 N–H and O–H groups in total. The number of aryl methyl sites for hydroxylation is 2. The van der Waals surface area contributed by atoms with E-state index in [9.17, 15) is 9.59 Å². The number of carbonyl (C=O) groups excluding carboxylic acids is 2. The van der Waals surface area contributed by atoms with Crippen LogP contribution in [0.4, 0.5) is 5.69 Å². The number of esters is 1. The highest BCUT2D eigenvalue weighted by Gasteiger charge is 2.10. The fourth-order valence-electron chi connectivity index (χ4n) is 2.02. The van der Waals surface area contributed by atoms with Gasteiger partial charge in [-0.3, -0.25) is 9.59 Å². The summed E-state index contributed by atoms with van der Waals surface area (Å²) in [5, 5.41) is 3.35. The van der Waals surface area contributed by atoms with Crippen LogP contribution in [0.2, 0.25) is 5.02 Å². The standard InChI is InChI=1S/C18H18ClNO3/c1-12-3-4-13(2)16(9-12)20-17(21)11-23-18(22)10-14-5-7-15(19)8-6-14/h3-9H,10-11H2,1-2H3,(H,20,21). The molecule has 0 aliphatic carbocycles. The molecule has 2 aromatic carbocycles. The molecule has 0 aliphatic heterocycles. The highest BCUT2D eigenvalue weighted by Crippen LogP contribution is 2.16. The van der Waals surface area contributed by atoms with Gasteiger partial charge in [0, 0.05) is 10.7 Å². The summed E-state index contributed by atoms with van der Waals surface area (Å²) in [6.07, 6.45) is 0.105.